The first-order chi connectivity index (χ1) is 8.83. The monoisotopic (exact) mass is 244 g/mol. The molecule has 1 heterocycles. The zero-order valence-corrected chi connectivity index (χ0v) is 10.6. The summed E-state index contributed by atoms with van der Waals surface area (Å²) in [7, 11) is 0. The minimum atomic E-state index is 0.00631. The van der Waals surface area contributed by atoms with Gasteiger partial charge in [-0.25, -0.2) is 0 Å². The third-order valence-corrected chi connectivity index (χ3v) is 4.02. The molecule has 1 aromatic carbocycles. The molecular formula is C15H20N2O. The Kier molecular flexibility index (Phi) is 3.33. The molecule has 1 saturated heterocycles. The molecule has 3 heteroatoms. The first-order valence-electron chi connectivity index (χ1n) is 6.93. The molecule has 1 atom stereocenters. The second-order valence-corrected chi connectivity index (χ2v) is 5.38. The van der Waals surface area contributed by atoms with Gasteiger partial charge in [-0.3, -0.25) is 4.79 Å². The van der Waals surface area contributed by atoms with Gasteiger partial charge in [0, 0.05) is 12.6 Å². The van der Waals surface area contributed by atoms with Crippen molar-refractivity contribution in [1.29, 1.82) is 0 Å². The number of carbonyl (C=O) groups is 1. The molecule has 1 aromatic rings. The fourth-order valence-electron chi connectivity index (χ4n) is 3.06. The lowest BCUT2D eigenvalue weighted by Gasteiger charge is -2.20. The molecule has 1 amide bonds. The van der Waals surface area contributed by atoms with Crippen LogP contribution in [0.5, 0.6) is 0 Å². The summed E-state index contributed by atoms with van der Waals surface area (Å²) in [6.45, 7) is 0.835. The number of rotatable bonds is 2. The molecule has 3 rings (SSSR count). The Morgan fingerprint density at radius 3 is 2.56 bits per heavy atom. The number of benzene rings is 1. The average molecular weight is 244 g/mol. The van der Waals surface area contributed by atoms with Gasteiger partial charge >= 0.3 is 0 Å². The zero-order chi connectivity index (χ0) is 12.4. The second kappa shape index (κ2) is 5.11. The van der Waals surface area contributed by atoms with E-state index in [4.69, 9.17) is 0 Å². The third-order valence-electron chi connectivity index (χ3n) is 4.02. The number of amides is 1. The quantitative estimate of drug-likeness (QED) is 0.826. The lowest BCUT2D eigenvalue weighted by molar-refractivity contribution is -0.123. The van der Waals surface area contributed by atoms with Crippen LogP contribution in [0, 0.1) is 0 Å². The number of carbonyl (C=O) groups excluding carboxylic acids is 1. The summed E-state index contributed by atoms with van der Waals surface area (Å²) in [4.78, 5) is 11.9. The van der Waals surface area contributed by atoms with Gasteiger partial charge < -0.3 is 10.6 Å². The predicted molar refractivity (Wildman–Crippen MR) is 71.4 cm³/mol. The average Bonchev–Trinajstić information content (AvgIpc) is 2.68. The summed E-state index contributed by atoms with van der Waals surface area (Å²) in [5.41, 5.74) is 2.87. The Morgan fingerprint density at radius 1 is 1.11 bits per heavy atom. The van der Waals surface area contributed by atoms with Gasteiger partial charge in [-0.15, -0.1) is 0 Å². The Balaban J connectivity index is 1.63. The summed E-state index contributed by atoms with van der Waals surface area (Å²) < 4.78 is 0. The molecule has 1 fully saturated rings. The van der Waals surface area contributed by atoms with Gasteiger partial charge in [-0.2, -0.15) is 0 Å². The maximum Gasteiger partial charge on any atom is 0.237 e. The lowest BCUT2D eigenvalue weighted by Crippen LogP contribution is -2.47. The van der Waals surface area contributed by atoms with E-state index in [2.05, 4.69) is 34.9 Å². The van der Waals surface area contributed by atoms with Crippen molar-refractivity contribution >= 4 is 5.91 Å². The van der Waals surface area contributed by atoms with Crippen LogP contribution in [-0.4, -0.2) is 24.5 Å². The highest BCUT2D eigenvalue weighted by molar-refractivity contribution is 5.82. The van der Waals surface area contributed by atoms with Crippen LogP contribution in [-0.2, 0) is 17.6 Å². The van der Waals surface area contributed by atoms with Crippen molar-refractivity contribution in [3.8, 4) is 0 Å². The van der Waals surface area contributed by atoms with E-state index in [9.17, 15) is 4.79 Å². The molecule has 0 aromatic heterocycles. The van der Waals surface area contributed by atoms with Gasteiger partial charge in [0.15, 0.2) is 0 Å². The van der Waals surface area contributed by atoms with Crippen LogP contribution < -0.4 is 10.6 Å². The zero-order valence-electron chi connectivity index (χ0n) is 10.6. The van der Waals surface area contributed by atoms with Crippen LogP contribution in [0.4, 0.5) is 0 Å². The smallest absolute Gasteiger partial charge is 0.237 e. The van der Waals surface area contributed by atoms with E-state index in [0.29, 0.717) is 6.04 Å². The summed E-state index contributed by atoms with van der Waals surface area (Å²) in [6, 6.07) is 9.02. The van der Waals surface area contributed by atoms with Gasteiger partial charge in [0.25, 0.3) is 0 Å². The summed E-state index contributed by atoms with van der Waals surface area (Å²) in [6.07, 6.45) is 5.32. The van der Waals surface area contributed by atoms with E-state index in [1.54, 1.807) is 0 Å². The summed E-state index contributed by atoms with van der Waals surface area (Å²) >= 11 is 0. The van der Waals surface area contributed by atoms with Crippen LogP contribution in [0.1, 0.15) is 30.4 Å². The van der Waals surface area contributed by atoms with Gasteiger partial charge in [0.1, 0.15) is 0 Å². The number of fused-ring (bicyclic) bond motifs is 1. The first-order valence-corrected chi connectivity index (χ1v) is 6.93. The van der Waals surface area contributed by atoms with Crippen molar-refractivity contribution in [2.24, 2.45) is 0 Å². The first kappa shape index (κ1) is 11.7. The van der Waals surface area contributed by atoms with E-state index in [-0.39, 0.29) is 11.9 Å². The molecule has 0 spiro atoms. The molecule has 96 valence electrons. The Bertz CT molecular complexity index is 419. The topological polar surface area (TPSA) is 41.1 Å². The highest BCUT2D eigenvalue weighted by atomic mass is 16.2. The molecule has 0 radical (unpaired) electrons. The van der Waals surface area contributed by atoms with Crippen molar-refractivity contribution in [1.82, 2.24) is 10.6 Å². The number of hydrogen-bond acceptors (Lipinski definition) is 2. The molecule has 3 nitrogen and oxygen atoms in total. The Labute approximate surface area is 108 Å². The van der Waals surface area contributed by atoms with E-state index < -0.39 is 0 Å². The van der Waals surface area contributed by atoms with Crippen molar-refractivity contribution in [3.63, 3.8) is 0 Å². The highest BCUT2D eigenvalue weighted by Crippen LogP contribution is 2.22. The molecule has 1 unspecified atom stereocenters. The molecule has 1 aliphatic carbocycles. The highest BCUT2D eigenvalue weighted by Gasteiger charge is 2.27. The van der Waals surface area contributed by atoms with Crippen LogP contribution in [0.3, 0.4) is 0 Å². The fourth-order valence-corrected chi connectivity index (χ4v) is 3.06. The van der Waals surface area contributed by atoms with E-state index in [1.165, 1.54) is 11.1 Å². The minimum absolute atomic E-state index is 0.00631. The van der Waals surface area contributed by atoms with Gasteiger partial charge in [-0.1, -0.05) is 24.3 Å². The van der Waals surface area contributed by atoms with Crippen molar-refractivity contribution in [2.45, 2.75) is 44.2 Å². The van der Waals surface area contributed by atoms with Crippen LogP contribution >= 0.6 is 0 Å². The number of nitrogens with one attached hydrogen (secondary N) is 2. The Morgan fingerprint density at radius 2 is 1.83 bits per heavy atom. The van der Waals surface area contributed by atoms with Gasteiger partial charge in [-0.05, 0) is 43.2 Å². The second-order valence-electron chi connectivity index (χ2n) is 5.38. The Hall–Kier alpha value is -1.35. The molecule has 1 aliphatic heterocycles. The normalized spacial score (nSPS) is 24.4. The van der Waals surface area contributed by atoms with Crippen molar-refractivity contribution in [3.05, 3.63) is 35.4 Å². The third kappa shape index (κ3) is 2.41. The van der Waals surface area contributed by atoms with Crippen LogP contribution in [0.2, 0.25) is 0 Å². The largest absolute Gasteiger partial charge is 0.355 e. The summed E-state index contributed by atoms with van der Waals surface area (Å²) in [5, 5.41) is 6.53. The summed E-state index contributed by atoms with van der Waals surface area (Å²) in [5.74, 6) is 0.184. The molecule has 0 saturated carbocycles. The molecular weight excluding hydrogens is 224 g/mol. The van der Waals surface area contributed by atoms with Crippen molar-refractivity contribution in [2.75, 3.05) is 6.54 Å². The fraction of sp³-hybridized carbons (Fsp3) is 0.533. The van der Waals surface area contributed by atoms with E-state index in [0.717, 1.165) is 38.6 Å². The van der Waals surface area contributed by atoms with Crippen LogP contribution in [0.15, 0.2) is 24.3 Å². The SMILES string of the molecule is O=C1NCCCCC1NC1Cc2ccccc2C1. The predicted octanol–water partition coefficient (Wildman–Crippen LogP) is 1.41. The molecule has 2 aliphatic rings. The standard InChI is InChI=1S/C15H20N2O/c18-15-14(7-3-4-8-16-15)17-13-9-11-5-1-2-6-12(11)10-13/h1-2,5-6,13-14,17H,3-4,7-10H2,(H,16,18). The number of hydrogen-bond donors (Lipinski definition) is 2. The maximum atomic E-state index is 11.9. The maximum absolute atomic E-state index is 11.9. The molecule has 0 bridgehead atoms. The van der Waals surface area contributed by atoms with Crippen LogP contribution in [0.25, 0.3) is 0 Å². The lowest BCUT2D eigenvalue weighted by atomic mass is 10.1. The van der Waals surface area contributed by atoms with Crippen molar-refractivity contribution < 1.29 is 4.79 Å². The molecule has 2 N–H and O–H groups in total. The van der Waals surface area contributed by atoms with Gasteiger partial charge in [0.05, 0.1) is 6.04 Å². The van der Waals surface area contributed by atoms with Gasteiger partial charge in [0.2, 0.25) is 5.91 Å². The van der Waals surface area contributed by atoms with E-state index >= 15 is 0 Å². The minimum Gasteiger partial charge on any atom is -0.355 e. The molecule has 18 heavy (non-hydrogen) atoms. The van der Waals surface area contributed by atoms with E-state index in [1.807, 2.05) is 0 Å².